The van der Waals surface area contributed by atoms with Crippen LogP contribution < -0.4 is 10.6 Å². The molecule has 7 heteroatoms. The van der Waals surface area contributed by atoms with E-state index in [1.807, 2.05) is 0 Å². The van der Waals surface area contributed by atoms with E-state index in [2.05, 4.69) is 10.6 Å². The molecule has 0 saturated heterocycles. The smallest absolute Gasteiger partial charge is 0.308 e. The van der Waals surface area contributed by atoms with Gasteiger partial charge in [0.2, 0.25) is 5.91 Å². The summed E-state index contributed by atoms with van der Waals surface area (Å²) >= 11 is 0. The molecule has 0 saturated carbocycles. The zero-order chi connectivity index (χ0) is 14.4. The summed E-state index contributed by atoms with van der Waals surface area (Å²) in [5.41, 5.74) is 0.318. The molecule has 2 unspecified atom stereocenters. The first-order valence-corrected chi connectivity index (χ1v) is 5.75. The van der Waals surface area contributed by atoms with Crippen LogP contribution in [0.3, 0.4) is 0 Å². The van der Waals surface area contributed by atoms with Crippen molar-refractivity contribution < 1.29 is 23.9 Å². The van der Waals surface area contributed by atoms with Crippen LogP contribution in [0.5, 0.6) is 0 Å². The lowest BCUT2D eigenvalue weighted by atomic mass is 10.2. The second-order valence-electron chi connectivity index (χ2n) is 4.19. The van der Waals surface area contributed by atoms with Crippen LogP contribution in [0.25, 0.3) is 0 Å². The minimum Gasteiger partial charge on any atom is -0.481 e. The number of hydrogen-bond acceptors (Lipinski definition) is 4. The summed E-state index contributed by atoms with van der Waals surface area (Å²) in [7, 11) is 0. The summed E-state index contributed by atoms with van der Waals surface area (Å²) in [6, 6.07) is 0.718. The van der Waals surface area contributed by atoms with Gasteiger partial charge < -0.3 is 20.2 Å². The third kappa shape index (κ3) is 4.46. The van der Waals surface area contributed by atoms with Gasteiger partial charge in [0, 0.05) is 6.54 Å². The summed E-state index contributed by atoms with van der Waals surface area (Å²) < 4.78 is 4.76. The Morgan fingerprint density at radius 1 is 1.37 bits per heavy atom. The number of carbonyl (C=O) groups is 3. The van der Waals surface area contributed by atoms with Crippen molar-refractivity contribution in [2.75, 3.05) is 6.54 Å². The molecule has 1 aromatic heterocycles. The molecule has 2 atom stereocenters. The van der Waals surface area contributed by atoms with Gasteiger partial charge in [-0.3, -0.25) is 14.4 Å². The van der Waals surface area contributed by atoms with Crippen LogP contribution in [0, 0.1) is 5.92 Å². The highest BCUT2D eigenvalue weighted by atomic mass is 16.4. The largest absolute Gasteiger partial charge is 0.481 e. The van der Waals surface area contributed by atoms with Crippen molar-refractivity contribution in [1.29, 1.82) is 0 Å². The van der Waals surface area contributed by atoms with E-state index in [-0.39, 0.29) is 6.54 Å². The molecule has 1 rings (SSSR count). The molecule has 19 heavy (non-hydrogen) atoms. The van der Waals surface area contributed by atoms with Gasteiger partial charge in [-0.2, -0.15) is 0 Å². The first-order chi connectivity index (χ1) is 8.91. The van der Waals surface area contributed by atoms with Crippen LogP contribution in [0.4, 0.5) is 0 Å². The Morgan fingerprint density at radius 2 is 2.05 bits per heavy atom. The summed E-state index contributed by atoms with van der Waals surface area (Å²) in [4.78, 5) is 33.8. The van der Waals surface area contributed by atoms with E-state index in [1.54, 1.807) is 0 Å². The topological polar surface area (TPSA) is 109 Å². The Bertz CT molecular complexity index is 455. The third-order valence-corrected chi connectivity index (χ3v) is 2.53. The molecular formula is C12H16N2O5. The van der Waals surface area contributed by atoms with Crippen LogP contribution in [0.2, 0.25) is 0 Å². The van der Waals surface area contributed by atoms with Gasteiger partial charge in [-0.25, -0.2) is 0 Å². The van der Waals surface area contributed by atoms with E-state index in [0.717, 1.165) is 0 Å². The molecule has 1 aromatic rings. The number of hydrogen-bond donors (Lipinski definition) is 3. The number of rotatable bonds is 6. The summed E-state index contributed by atoms with van der Waals surface area (Å²) in [6.45, 7) is 3.01. The molecule has 7 nitrogen and oxygen atoms in total. The highest BCUT2D eigenvalue weighted by Crippen LogP contribution is 2.00. The lowest BCUT2D eigenvalue weighted by Gasteiger charge is -2.14. The zero-order valence-electron chi connectivity index (χ0n) is 10.7. The molecule has 0 aliphatic carbocycles. The molecule has 0 aromatic carbocycles. The van der Waals surface area contributed by atoms with Gasteiger partial charge >= 0.3 is 5.97 Å². The minimum absolute atomic E-state index is 0.0140. The first kappa shape index (κ1) is 14.7. The van der Waals surface area contributed by atoms with E-state index in [0.29, 0.717) is 5.56 Å². The fourth-order valence-electron chi connectivity index (χ4n) is 1.23. The fraction of sp³-hybridized carbons (Fsp3) is 0.417. The SMILES string of the molecule is CC(CNC(=O)C(C)NC(=O)c1ccoc1)C(=O)O. The maximum Gasteiger partial charge on any atom is 0.308 e. The quantitative estimate of drug-likeness (QED) is 0.684. The predicted molar refractivity (Wildman–Crippen MR) is 65.4 cm³/mol. The lowest BCUT2D eigenvalue weighted by molar-refractivity contribution is -0.141. The van der Waals surface area contributed by atoms with Crippen LogP contribution in [-0.2, 0) is 9.59 Å². The Morgan fingerprint density at radius 3 is 2.58 bits per heavy atom. The second kappa shape index (κ2) is 6.58. The molecular weight excluding hydrogens is 252 g/mol. The summed E-state index contributed by atoms with van der Waals surface area (Å²) in [5.74, 6) is -2.54. The number of carbonyl (C=O) groups excluding carboxylic acids is 2. The normalized spacial score (nSPS) is 13.4. The van der Waals surface area contributed by atoms with Crippen LogP contribution >= 0.6 is 0 Å². The van der Waals surface area contributed by atoms with Crippen LogP contribution in [-0.4, -0.2) is 35.5 Å². The minimum atomic E-state index is -0.990. The van der Waals surface area contributed by atoms with Gasteiger partial charge in [0.15, 0.2) is 0 Å². The number of aliphatic carboxylic acids is 1. The summed E-state index contributed by atoms with van der Waals surface area (Å²) in [6.07, 6.45) is 2.63. The van der Waals surface area contributed by atoms with Gasteiger partial charge in [0.1, 0.15) is 12.3 Å². The number of nitrogens with one attached hydrogen (secondary N) is 2. The van der Waals surface area contributed by atoms with Crippen molar-refractivity contribution in [2.24, 2.45) is 5.92 Å². The highest BCUT2D eigenvalue weighted by Gasteiger charge is 2.19. The third-order valence-electron chi connectivity index (χ3n) is 2.53. The number of amides is 2. The number of furan rings is 1. The Hall–Kier alpha value is -2.31. The van der Waals surface area contributed by atoms with Gasteiger partial charge in [0.05, 0.1) is 17.7 Å². The van der Waals surface area contributed by atoms with E-state index < -0.39 is 29.7 Å². The highest BCUT2D eigenvalue weighted by molar-refractivity contribution is 5.97. The van der Waals surface area contributed by atoms with Crippen molar-refractivity contribution in [3.63, 3.8) is 0 Å². The molecule has 0 aliphatic rings. The van der Waals surface area contributed by atoms with E-state index in [4.69, 9.17) is 9.52 Å². The predicted octanol–water partition coefficient (Wildman–Crippen LogP) is 0.235. The van der Waals surface area contributed by atoms with E-state index in [9.17, 15) is 14.4 Å². The average molecular weight is 268 g/mol. The van der Waals surface area contributed by atoms with Crippen molar-refractivity contribution in [2.45, 2.75) is 19.9 Å². The average Bonchev–Trinajstić information content (AvgIpc) is 2.88. The van der Waals surface area contributed by atoms with Crippen LogP contribution in [0.15, 0.2) is 23.0 Å². The van der Waals surface area contributed by atoms with Crippen molar-refractivity contribution in [3.05, 3.63) is 24.2 Å². The maximum absolute atomic E-state index is 11.6. The Balaban J connectivity index is 2.41. The molecule has 3 N–H and O–H groups in total. The van der Waals surface area contributed by atoms with Gasteiger partial charge in [-0.1, -0.05) is 6.92 Å². The number of carboxylic acid groups (broad SMARTS) is 1. The van der Waals surface area contributed by atoms with E-state index >= 15 is 0 Å². The molecule has 104 valence electrons. The first-order valence-electron chi connectivity index (χ1n) is 5.75. The maximum atomic E-state index is 11.6. The molecule has 0 fully saturated rings. The van der Waals surface area contributed by atoms with Gasteiger partial charge in [-0.15, -0.1) is 0 Å². The second-order valence-corrected chi connectivity index (χ2v) is 4.19. The van der Waals surface area contributed by atoms with Gasteiger partial charge in [0.25, 0.3) is 5.91 Å². The Kier molecular flexibility index (Phi) is 5.11. The van der Waals surface area contributed by atoms with Gasteiger partial charge in [-0.05, 0) is 13.0 Å². The number of carboxylic acids is 1. The molecule has 2 amide bonds. The molecule has 0 spiro atoms. The van der Waals surface area contributed by atoms with Crippen molar-refractivity contribution in [3.8, 4) is 0 Å². The lowest BCUT2D eigenvalue weighted by Crippen LogP contribution is -2.46. The Labute approximate surface area is 110 Å². The molecule has 0 aliphatic heterocycles. The van der Waals surface area contributed by atoms with Crippen LogP contribution in [0.1, 0.15) is 24.2 Å². The van der Waals surface area contributed by atoms with Crippen molar-refractivity contribution >= 4 is 17.8 Å². The fourth-order valence-corrected chi connectivity index (χ4v) is 1.23. The molecule has 0 radical (unpaired) electrons. The standard InChI is InChI=1S/C12H16N2O5/c1-7(12(17)18)5-13-10(15)8(2)14-11(16)9-3-4-19-6-9/h3-4,6-8H,5H2,1-2H3,(H,13,15)(H,14,16)(H,17,18). The monoisotopic (exact) mass is 268 g/mol. The van der Waals surface area contributed by atoms with E-state index in [1.165, 1.54) is 32.4 Å². The molecule has 0 bridgehead atoms. The zero-order valence-corrected chi connectivity index (χ0v) is 10.7. The van der Waals surface area contributed by atoms with Crippen molar-refractivity contribution in [1.82, 2.24) is 10.6 Å². The molecule has 1 heterocycles. The summed E-state index contributed by atoms with van der Waals surface area (Å²) in [5, 5.41) is 13.6.